The van der Waals surface area contributed by atoms with E-state index in [-0.39, 0.29) is 0 Å². The highest BCUT2D eigenvalue weighted by atomic mass is 15.0. The third-order valence-corrected chi connectivity index (χ3v) is 2.85. The molecule has 0 spiro atoms. The largest absolute Gasteiger partial charge is 0.317 e. The summed E-state index contributed by atoms with van der Waals surface area (Å²) in [6.45, 7) is 4.38. The number of piperidine rings is 1. The molecule has 1 unspecified atom stereocenters. The molecule has 1 aliphatic rings. The van der Waals surface area contributed by atoms with E-state index in [0.29, 0.717) is 12.1 Å². The molecule has 0 radical (unpaired) electrons. The number of hydrogen-bond acceptors (Lipinski definition) is 4. The molecule has 2 N–H and O–H groups in total. The molecule has 0 bridgehead atoms. The Kier molecular flexibility index (Phi) is 3.64. The number of aromatic nitrogens is 2. The average molecular weight is 206 g/mol. The van der Waals surface area contributed by atoms with Gasteiger partial charge in [-0.25, -0.2) is 0 Å². The molecule has 4 nitrogen and oxygen atoms in total. The van der Waals surface area contributed by atoms with Gasteiger partial charge in [-0.3, -0.25) is 9.97 Å². The van der Waals surface area contributed by atoms with Crippen LogP contribution in [0.1, 0.15) is 31.5 Å². The maximum absolute atomic E-state index is 4.30. The molecule has 2 heterocycles. The topological polar surface area (TPSA) is 49.8 Å². The van der Waals surface area contributed by atoms with Gasteiger partial charge in [0.05, 0.1) is 5.69 Å². The van der Waals surface area contributed by atoms with Crippen LogP contribution in [0.3, 0.4) is 0 Å². The van der Waals surface area contributed by atoms with E-state index in [1.807, 2.05) is 6.20 Å². The van der Waals surface area contributed by atoms with Crippen LogP contribution in [0.2, 0.25) is 0 Å². The van der Waals surface area contributed by atoms with Gasteiger partial charge in [0.25, 0.3) is 0 Å². The smallest absolute Gasteiger partial charge is 0.0753 e. The van der Waals surface area contributed by atoms with Crippen LogP contribution >= 0.6 is 0 Å². The van der Waals surface area contributed by atoms with Crippen LogP contribution in [0.5, 0.6) is 0 Å². The van der Waals surface area contributed by atoms with Crippen molar-refractivity contribution in [2.24, 2.45) is 0 Å². The first kappa shape index (κ1) is 10.5. The third-order valence-electron chi connectivity index (χ3n) is 2.85. The van der Waals surface area contributed by atoms with Crippen LogP contribution in [0.25, 0.3) is 0 Å². The highest BCUT2D eigenvalue weighted by Gasteiger charge is 2.16. The highest BCUT2D eigenvalue weighted by molar-refractivity contribution is 5.01. The second-order valence-corrected chi connectivity index (χ2v) is 4.04. The predicted octanol–water partition coefficient (Wildman–Crippen LogP) is 0.879. The summed E-state index contributed by atoms with van der Waals surface area (Å²) in [7, 11) is 0. The quantitative estimate of drug-likeness (QED) is 0.771. The molecule has 1 aromatic rings. The van der Waals surface area contributed by atoms with Crippen molar-refractivity contribution >= 4 is 0 Å². The molecule has 1 aliphatic heterocycles. The van der Waals surface area contributed by atoms with Crippen LogP contribution in [0, 0.1) is 0 Å². The van der Waals surface area contributed by atoms with Crippen LogP contribution in [0.4, 0.5) is 0 Å². The van der Waals surface area contributed by atoms with Gasteiger partial charge in [-0.2, -0.15) is 0 Å². The SMILES string of the molecule is CC(NC1CCNCC1)c1cnccn1. The second kappa shape index (κ2) is 5.19. The van der Waals surface area contributed by atoms with Gasteiger partial charge < -0.3 is 10.6 Å². The Hall–Kier alpha value is -1.00. The fourth-order valence-corrected chi connectivity index (χ4v) is 1.96. The molecule has 82 valence electrons. The Morgan fingerprint density at radius 3 is 2.87 bits per heavy atom. The highest BCUT2D eigenvalue weighted by Crippen LogP contribution is 2.11. The van der Waals surface area contributed by atoms with Gasteiger partial charge in [0, 0.05) is 30.7 Å². The maximum Gasteiger partial charge on any atom is 0.0753 e. The van der Waals surface area contributed by atoms with E-state index in [1.54, 1.807) is 12.4 Å². The van der Waals surface area contributed by atoms with Crippen LogP contribution in [-0.2, 0) is 0 Å². The van der Waals surface area contributed by atoms with Crippen LogP contribution in [0.15, 0.2) is 18.6 Å². The number of nitrogens with one attached hydrogen (secondary N) is 2. The van der Waals surface area contributed by atoms with E-state index in [2.05, 4.69) is 27.5 Å². The zero-order valence-corrected chi connectivity index (χ0v) is 9.11. The summed E-state index contributed by atoms with van der Waals surface area (Å²) in [6.07, 6.45) is 7.69. The van der Waals surface area contributed by atoms with Gasteiger partial charge in [0.15, 0.2) is 0 Å². The lowest BCUT2D eigenvalue weighted by Gasteiger charge is -2.26. The zero-order chi connectivity index (χ0) is 10.5. The minimum atomic E-state index is 0.293. The second-order valence-electron chi connectivity index (χ2n) is 4.04. The van der Waals surface area contributed by atoms with Crippen molar-refractivity contribution in [2.75, 3.05) is 13.1 Å². The van der Waals surface area contributed by atoms with Crippen molar-refractivity contribution in [2.45, 2.75) is 31.8 Å². The Bertz CT molecular complexity index is 282. The van der Waals surface area contributed by atoms with Crippen molar-refractivity contribution in [1.82, 2.24) is 20.6 Å². The van der Waals surface area contributed by atoms with Crippen molar-refractivity contribution in [3.8, 4) is 0 Å². The van der Waals surface area contributed by atoms with Crippen molar-refractivity contribution in [3.63, 3.8) is 0 Å². The minimum absolute atomic E-state index is 0.293. The lowest BCUT2D eigenvalue weighted by Crippen LogP contribution is -2.41. The summed E-state index contributed by atoms with van der Waals surface area (Å²) < 4.78 is 0. The normalized spacial score (nSPS) is 20.1. The molecule has 1 fully saturated rings. The van der Waals surface area contributed by atoms with Crippen molar-refractivity contribution < 1.29 is 0 Å². The average Bonchev–Trinajstić information content (AvgIpc) is 2.31. The summed E-state index contributed by atoms with van der Waals surface area (Å²) in [4.78, 5) is 8.39. The number of hydrogen-bond donors (Lipinski definition) is 2. The van der Waals surface area contributed by atoms with E-state index in [4.69, 9.17) is 0 Å². The minimum Gasteiger partial charge on any atom is -0.317 e. The van der Waals surface area contributed by atoms with Crippen molar-refractivity contribution in [1.29, 1.82) is 0 Å². The van der Waals surface area contributed by atoms with E-state index in [1.165, 1.54) is 12.8 Å². The molecule has 2 rings (SSSR count). The van der Waals surface area contributed by atoms with Gasteiger partial charge >= 0.3 is 0 Å². The Morgan fingerprint density at radius 2 is 2.20 bits per heavy atom. The van der Waals surface area contributed by atoms with Crippen molar-refractivity contribution in [3.05, 3.63) is 24.3 Å². The summed E-state index contributed by atoms with van der Waals surface area (Å²) in [5.74, 6) is 0. The van der Waals surface area contributed by atoms with E-state index in [9.17, 15) is 0 Å². The van der Waals surface area contributed by atoms with E-state index in [0.717, 1.165) is 18.8 Å². The summed E-state index contributed by atoms with van der Waals surface area (Å²) in [5, 5.41) is 6.95. The van der Waals surface area contributed by atoms with Gasteiger partial charge in [-0.15, -0.1) is 0 Å². The lowest BCUT2D eigenvalue weighted by atomic mass is 10.1. The molecule has 1 aromatic heterocycles. The molecular formula is C11H18N4. The van der Waals surface area contributed by atoms with Crippen LogP contribution < -0.4 is 10.6 Å². The molecule has 0 aliphatic carbocycles. The Morgan fingerprint density at radius 1 is 1.40 bits per heavy atom. The molecule has 4 heteroatoms. The third kappa shape index (κ3) is 2.97. The lowest BCUT2D eigenvalue weighted by molar-refractivity contribution is 0.356. The summed E-state index contributed by atoms with van der Waals surface area (Å²) in [5.41, 5.74) is 1.02. The standard InChI is InChI=1S/C11H18N4/c1-9(11-8-13-6-7-14-11)15-10-2-4-12-5-3-10/h6-10,12,15H,2-5H2,1H3. The van der Waals surface area contributed by atoms with Gasteiger partial charge in [0.1, 0.15) is 0 Å². The first-order chi connectivity index (χ1) is 7.36. The molecule has 0 amide bonds. The zero-order valence-electron chi connectivity index (χ0n) is 9.11. The Balaban J connectivity index is 1.88. The number of nitrogens with zero attached hydrogens (tertiary/aromatic N) is 2. The van der Waals surface area contributed by atoms with Gasteiger partial charge in [0.2, 0.25) is 0 Å². The molecule has 15 heavy (non-hydrogen) atoms. The molecule has 1 saturated heterocycles. The monoisotopic (exact) mass is 206 g/mol. The van der Waals surface area contributed by atoms with Gasteiger partial charge in [-0.1, -0.05) is 0 Å². The van der Waals surface area contributed by atoms with Crippen LogP contribution in [-0.4, -0.2) is 29.1 Å². The fraction of sp³-hybridized carbons (Fsp3) is 0.636. The van der Waals surface area contributed by atoms with Gasteiger partial charge in [-0.05, 0) is 32.9 Å². The molecular weight excluding hydrogens is 188 g/mol. The first-order valence-electron chi connectivity index (χ1n) is 5.59. The predicted molar refractivity (Wildman–Crippen MR) is 59.5 cm³/mol. The maximum atomic E-state index is 4.30. The molecule has 0 saturated carbocycles. The first-order valence-corrected chi connectivity index (χ1v) is 5.59. The Labute approximate surface area is 90.5 Å². The summed E-state index contributed by atoms with van der Waals surface area (Å²) >= 11 is 0. The van der Waals surface area contributed by atoms with E-state index >= 15 is 0 Å². The summed E-state index contributed by atoms with van der Waals surface area (Å²) in [6, 6.07) is 0.907. The van der Waals surface area contributed by atoms with E-state index < -0.39 is 0 Å². The fourth-order valence-electron chi connectivity index (χ4n) is 1.96. The molecule has 0 aromatic carbocycles. The molecule has 1 atom stereocenters. The number of rotatable bonds is 3.